The minimum atomic E-state index is -0.873. The Labute approximate surface area is 122 Å². The summed E-state index contributed by atoms with van der Waals surface area (Å²) < 4.78 is 5.39. The van der Waals surface area contributed by atoms with Crippen LogP contribution >= 0.6 is 11.6 Å². The van der Waals surface area contributed by atoms with E-state index in [4.69, 9.17) is 21.4 Å². The van der Waals surface area contributed by atoms with Crippen molar-refractivity contribution in [2.24, 2.45) is 0 Å². The second kappa shape index (κ2) is 9.03. The summed E-state index contributed by atoms with van der Waals surface area (Å²) in [7, 11) is 0. The zero-order valence-corrected chi connectivity index (χ0v) is 11.7. The molecule has 0 saturated carbocycles. The van der Waals surface area contributed by atoms with Gasteiger partial charge in [-0.2, -0.15) is 0 Å². The van der Waals surface area contributed by atoms with Gasteiger partial charge in [0.1, 0.15) is 12.4 Å². The Bertz CT molecular complexity index is 454. The van der Waals surface area contributed by atoms with E-state index in [0.717, 1.165) is 0 Å². The first kappa shape index (κ1) is 16.1. The highest BCUT2D eigenvalue weighted by atomic mass is 35.5. The quantitative estimate of drug-likeness (QED) is 0.640. The molecule has 0 aliphatic carbocycles. The molecule has 0 aliphatic rings. The average Bonchev–Trinajstić information content (AvgIpc) is 2.40. The van der Waals surface area contributed by atoms with E-state index in [2.05, 4.69) is 10.6 Å². The molecule has 0 spiro atoms. The van der Waals surface area contributed by atoms with Crippen LogP contribution in [-0.2, 0) is 4.79 Å². The zero-order chi connectivity index (χ0) is 14.8. The van der Waals surface area contributed by atoms with Gasteiger partial charge in [-0.05, 0) is 24.6 Å². The van der Waals surface area contributed by atoms with Crippen LogP contribution in [0.1, 0.15) is 12.8 Å². The first-order valence-electron chi connectivity index (χ1n) is 6.20. The molecule has 0 atom stereocenters. The van der Waals surface area contributed by atoms with E-state index in [1.165, 1.54) is 0 Å². The van der Waals surface area contributed by atoms with Crippen LogP contribution in [0.5, 0.6) is 5.75 Å². The van der Waals surface area contributed by atoms with Crippen LogP contribution in [0, 0.1) is 0 Å². The lowest BCUT2D eigenvalue weighted by atomic mass is 10.3. The van der Waals surface area contributed by atoms with Crippen LogP contribution in [-0.4, -0.2) is 36.8 Å². The first-order valence-corrected chi connectivity index (χ1v) is 6.57. The third kappa shape index (κ3) is 7.48. The topological polar surface area (TPSA) is 87.7 Å². The zero-order valence-electron chi connectivity index (χ0n) is 10.9. The van der Waals surface area contributed by atoms with Gasteiger partial charge in [0.15, 0.2) is 0 Å². The standard InChI is InChI=1S/C13H17ClN2O4/c14-10-3-1-4-11(9-10)20-8-7-16-13(19)15-6-2-5-12(17)18/h1,3-4,9H,2,5-8H2,(H,17,18)(H2,15,16,19). The van der Waals surface area contributed by atoms with Crippen molar-refractivity contribution in [3.8, 4) is 5.75 Å². The minimum absolute atomic E-state index is 0.0398. The van der Waals surface area contributed by atoms with Gasteiger partial charge in [-0.25, -0.2) is 4.79 Å². The molecule has 3 N–H and O–H groups in total. The Kier molecular flexibility index (Phi) is 7.27. The normalized spacial score (nSPS) is 9.85. The van der Waals surface area contributed by atoms with Crippen LogP contribution in [0.25, 0.3) is 0 Å². The minimum Gasteiger partial charge on any atom is -0.492 e. The van der Waals surface area contributed by atoms with Crippen molar-refractivity contribution >= 4 is 23.6 Å². The van der Waals surface area contributed by atoms with Crippen LogP contribution in [0.15, 0.2) is 24.3 Å². The molecular formula is C13H17ClN2O4. The number of hydrogen-bond acceptors (Lipinski definition) is 3. The van der Waals surface area contributed by atoms with Crippen molar-refractivity contribution in [1.29, 1.82) is 0 Å². The van der Waals surface area contributed by atoms with E-state index in [0.29, 0.717) is 36.9 Å². The number of rotatable bonds is 8. The summed E-state index contributed by atoms with van der Waals surface area (Å²) in [6.07, 6.45) is 0.444. The van der Waals surface area contributed by atoms with Crippen LogP contribution in [0.2, 0.25) is 5.02 Å². The largest absolute Gasteiger partial charge is 0.492 e. The molecule has 6 nitrogen and oxygen atoms in total. The van der Waals surface area contributed by atoms with Gasteiger partial charge in [-0.15, -0.1) is 0 Å². The first-order chi connectivity index (χ1) is 9.58. The van der Waals surface area contributed by atoms with Crippen molar-refractivity contribution in [3.63, 3.8) is 0 Å². The molecule has 2 amide bonds. The molecule has 1 rings (SSSR count). The lowest BCUT2D eigenvalue weighted by Gasteiger charge is -2.09. The highest BCUT2D eigenvalue weighted by Crippen LogP contribution is 2.16. The van der Waals surface area contributed by atoms with Crippen molar-refractivity contribution in [2.75, 3.05) is 19.7 Å². The molecule has 0 radical (unpaired) electrons. The molecule has 0 aliphatic heterocycles. The van der Waals surface area contributed by atoms with Gasteiger partial charge >= 0.3 is 12.0 Å². The van der Waals surface area contributed by atoms with Gasteiger partial charge in [-0.3, -0.25) is 4.79 Å². The number of carbonyl (C=O) groups is 2. The highest BCUT2D eigenvalue weighted by molar-refractivity contribution is 6.30. The number of ether oxygens (including phenoxy) is 1. The summed E-state index contributed by atoms with van der Waals surface area (Å²) in [4.78, 5) is 21.6. The molecule has 20 heavy (non-hydrogen) atoms. The maximum absolute atomic E-state index is 11.3. The Balaban J connectivity index is 2.06. The molecular weight excluding hydrogens is 284 g/mol. The number of benzene rings is 1. The summed E-state index contributed by atoms with van der Waals surface area (Å²) in [6, 6.07) is 6.65. The second-order valence-corrected chi connectivity index (χ2v) is 4.42. The van der Waals surface area contributed by atoms with Gasteiger partial charge in [-0.1, -0.05) is 17.7 Å². The number of carbonyl (C=O) groups excluding carboxylic acids is 1. The van der Waals surface area contributed by atoms with Crippen molar-refractivity contribution in [2.45, 2.75) is 12.8 Å². The van der Waals surface area contributed by atoms with E-state index in [1.807, 2.05) is 0 Å². The van der Waals surface area contributed by atoms with Gasteiger partial charge in [0, 0.05) is 18.0 Å². The fraction of sp³-hybridized carbons (Fsp3) is 0.385. The number of urea groups is 1. The SMILES string of the molecule is O=C(O)CCCNC(=O)NCCOc1cccc(Cl)c1. The van der Waals surface area contributed by atoms with E-state index in [1.54, 1.807) is 24.3 Å². The summed E-state index contributed by atoms with van der Waals surface area (Å²) in [5.74, 6) is -0.233. The van der Waals surface area contributed by atoms with E-state index in [9.17, 15) is 9.59 Å². The van der Waals surface area contributed by atoms with Crippen LogP contribution < -0.4 is 15.4 Å². The Hall–Kier alpha value is -1.95. The summed E-state index contributed by atoms with van der Waals surface area (Å²) in [6.45, 7) is 0.994. The van der Waals surface area contributed by atoms with E-state index < -0.39 is 5.97 Å². The molecule has 0 saturated heterocycles. The van der Waals surface area contributed by atoms with Gasteiger partial charge < -0.3 is 20.5 Å². The second-order valence-electron chi connectivity index (χ2n) is 3.99. The number of aliphatic carboxylic acids is 1. The van der Waals surface area contributed by atoms with Crippen molar-refractivity contribution in [1.82, 2.24) is 10.6 Å². The third-order valence-electron chi connectivity index (χ3n) is 2.31. The lowest BCUT2D eigenvalue weighted by Crippen LogP contribution is -2.38. The summed E-state index contributed by atoms with van der Waals surface area (Å²) in [5, 5.41) is 14.2. The Morgan fingerprint density at radius 1 is 1.25 bits per heavy atom. The number of carboxylic acids is 1. The van der Waals surface area contributed by atoms with Gasteiger partial charge in [0.2, 0.25) is 0 Å². The molecule has 1 aromatic rings. The number of carboxylic acid groups (broad SMARTS) is 1. The Morgan fingerprint density at radius 3 is 2.70 bits per heavy atom. The number of hydrogen-bond donors (Lipinski definition) is 3. The molecule has 0 heterocycles. The van der Waals surface area contributed by atoms with Gasteiger partial charge in [0.25, 0.3) is 0 Å². The predicted octanol–water partition coefficient (Wildman–Crippen LogP) is 1.88. The summed E-state index contributed by atoms with van der Waals surface area (Å²) in [5.41, 5.74) is 0. The number of amides is 2. The molecule has 7 heteroatoms. The third-order valence-corrected chi connectivity index (χ3v) is 2.54. The molecule has 0 fully saturated rings. The fourth-order valence-corrected chi connectivity index (χ4v) is 1.57. The number of halogens is 1. The highest BCUT2D eigenvalue weighted by Gasteiger charge is 2.01. The molecule has 0 bridgehead atoms. The van der Waals surface area contributed by atoms with Crippen molar-refractivity contribution in [3.05, 3.63) is 29.3 Å². The van der Waals surface area contributed by atoms with Gasteiger partial charge in [0.05, 0.1) is 6.54 Å². The summed E-state index contributed by atoms with van der Waals surface area (Å²) >= 11 is 5.80. The fourth-order valence-electron chi connectivity index (χ4n) is 1.39. The molecule has 0 aromatic heterocycles. The molecule has 110 valence electrons. The van der Waals surface area contributed by atoms with Crippen molar-refractivity contribution < 1.29 is 19.4 Å². The molecule has 1 aromatic carbocycles. The smallest absolute Gasteiger partial charge is 0.314 e. The lowest BCUT2D eigenvalue weighted by molar-refractivity contribution is -0.137. The monoisotopic (exact) mass is 300 g/mol. The number of nitrogens with one attached hydrogen (secondary N) is 2. The maximum Gasteiger partial charge on any atom is 0.314 e. The molecule has 0 unspecified atom stereocenters. The Morgan fingerprint density at radius 2 is 2.00 bits per heavy atom. The average molecular weight is 301 g/mol. The van der Waals surface area contributed by atoms with E-state index >= 15 is 0 Å². The maximum atomic E-state index is 11.3. The van der Waals surface area contributed by atoms with Crippen LogP contribution in [0.4, 0.5) is 4.79 Å². The van der Waals surface area contributed by atoms with Crippen LogP contribution in [0.3, 0.4) is 0 Å². The van der Waals surface area contributed by atoms with E-state index in [-0.39, 0.29) is 12.5 Å². The predicted molar refractivity (Wildman–Crippen MR) is 75.2 cm³/mol.